The van der Waals surface area contributed by atoms with Crippen LogP contribution < -0.4 is 4.74 Å². The Balaban J connectivity index is 2.45. The lowest BCUT2D eigenvalue weighted by Crippen LogP contribution is -2.48. The van der Waals surface area contributed by atoms with Crippen molar-refractivity contribution in [1.82, 2.24) is 0 Å². The lowest BCUT2D eigenvalue weighted by atomic mass is 9.78. The summed E-state index contributed by atoms with van der Waals surface area (Å²) in [6.45, 7) is 3.51. The molecule has 1 aromatic carbocycles. The Morgan fingerprint density at radius 2 is 2.19 bits per heavy atom. The van der Waals surface area contributed by atoms with E-state index in [1.165, 1.54) is 11.1 Å². The molecule has 1 aliphatic rings. The lowest BCUT2D eigenvalue weighted by Gasteiger charge is -2.42. The van der Waals surface area contributed by atoms with Gasteiger partial charge in [0.2, 0.25) is 0 Å². The highest BCUT2D eigenvalue weighted by atomic mass is 35.5. The minimum atomic E-state index is 0.0309. The summed E-state index contributed by atoms with van der Waals surface area (Å²) < 4.78 is 10.5. The molecule has 16 heavy (non-hydrogen) atoms. The lowest BCUT2D eigenvalue weighted by molar-refractivity contribution is -0.0473. The topological polar surface area (TPSA) is 18.5 Å². The third-order valence-corrected chi connectivity index (χ3v) is 4.03. The van der Waals surface area contributed by atoms with E-state index in [-0.39, 0.29) is 5.41 Å². The number of methoxy groups -OCH3 is 1. The van der Waals surface area contributed by atoms with Gasteiger partial charge in [0.15, 0.2) is 0 Å². The number of thiol groups is 1. The zero-order valence-electron chi connectivity index (χ0n) is 9.42. The Morgan fingerprint density at radius 1 is 1.50 bits per heavy atom. The van der Waals surface area contributed by atoms with Gasteiger partial charge in [0.25, 0.3) is 0 Å². The van der Waals surface area contributed by atoms with Crippen molar-refractivity contribution in [2.24, 2.45) is 0 Å². The van der Waals surface area contributed by atoms with Crippen LogP contribution in [0.5, 0.6) is 5.75 Å². The Hall–Kier alpha value is -0.380. The first-order valence-electron chi connectivity index (χ1n) is 5.16. The van der Waals surface area contributed by atoms with Gasteiger partial charge < -0.3 is 9.47 Å². The number of hydrogen-bond donors (Lipinski definition) is 1. The SMILES string of the molecule is COc1cc(C)c(C2(CS)COC2)cc1Cl. The van der Waals surface area contributed by atoms with Gasteiger partial charge in [0.05, 0.1) is 30.8 Å². The van der Waals surface area contributed by atoms with Gasteiger partial charge in [-0.05, 0) is 30.2 Å². The zero-order valence-corrected chi connectivity index (χ0v) is 11.1. The third kappa shape index (κ3) is 1.81. The minimum absolute atomic E-state index is 0.0309. The Bertz CT molecular complexity index is 397. The summed E-state index contributed by atoms with van der Waals surface area (Å²) in [4.78, 5) is 0. The van der Waals surface area contributed by atoms with Gasteiger partial charge in [-0.1, -0.05) is 11.6 Å². The average molecular weight is 259 g/mol. The van der Waals surface area contributed by atoms with Crippen molar-refractivity contribution >= 4 is 24.2 Å². The Labute approximate surface area is 106 Å². The quantitative estimate of drug-likeness (QED) is 0.841. The van der Waals surface area contributed by atoms with E-state index in [0.29, 0.717) is 5.02 Å². The largest absolute Gasteiger partial charge is 0.495 e. The van der Waals surface area contributed by atoms with Gasteiger partial charge in [-0.2, -0.15) is 12.6 Å². The summed E-state index contributed by atoms with van der Waals surface area (Å²) in [6.07, 6.45) is 0. The van der Waals surface area contributed by atoms with E-state index in [0.717, 1.165) is 24.7 Å². The maximum atomic E-state index is 6.15. The molecule has 0 atom stereocenters. The van der Waals surface area contributed by atoms with E-state index in [4.69, 9.17) is 21.1 Å². The van der Waals surface area contributed by atoms with E-state index < -0.39 is 0 Å². The summed E-state index contributed by atoms with van der Waals surface area (Å²) >= 11 is 10.6. The third-order valence-electron chi connectivity index (χ3n) is 3.13. The van der Waals surface area contributed by atoms with Crippen LogP contribution in [0.4, 0.5) is 0 Å². The molecular formula is C12H15ClO2S. The molecule has 1 saturated heterocycles. The molecule has 0 unspecified atom stereocenters. The van der Waals surface area contributed by atoms with Crippen LogP contribution in [-0.2, 0) is 10.2 Å². The second kappa shape index (κ2) is 4.47. The van der Waals surface area contributed by atoms with E-state index >= 15 is 0 Å². The second-order valence-electron chi connectivity index (χ2n) is 4.23. The molecule has 1 aliphatic heterocycles. The van der Waals surface area contributed by atoms with Crippen molar-refractivity contribution in [2.75, 3.05) is 26.1 Å². The Kier molecular flexibility index (Phi) is 3.38. The van der Waals surface area contributed by atoms with Gasteiger partial charge >= 0.3 is 0 Å². The molecule has 1 heterocycles. The molecule has 0 amide bonds. The van der Waals surface area contributed by atoms with Gasteiger partial charge in [0.1, 0.15) is 5.75 Å². The van der Waals surface area contributed by atoms with Crippen LogP contribution >= 0.6 is 24.2 Å². The first-order valence-corrected chi connectivity index (χ1v) is 6.17. The van der Waals surface area contributed by atoms with Crippen molar-refractivity contribution in [3.05, 3.63) is 28.3 Å². The summed E-state index contributed by atoms with van der Waals surface area (Å²) in [5.41, 5.74) is 2.43. The molecule has 0 spiro atoms. The number of halogens is 1. The number of aryl methyl sites for hydroxylation is 1. The monoisotopic (exact) mass is 258 g/mol. The number of hydrogen-bond acceptors (Lipinski definition) is 3. The minimum Gasteiger partial charge on any atom is -0.495 e. The maximum Gasteiger partial charge on any atom is 0.137 e. The van der Waals surface area contributed by atoms with E-state index in [1.54, 1.807) is 7.11 Å². The molecule has 0 bridgehead atoms. The fourth-order valence-corrected chi connectivity index (χ4v) is 2.66. The molecule has 4 heteroatoms. The van der Waals surface area contributed by atoms with Crippen LogP contribution in [0.15, 0.2) is 12.1 Å². The fourth-order valence-electron chi connectivity index (χ4n) is 2.06. The van der Waals surface area contributed by atoms with Crippen LogP contribution in [0.25, 0.3) is 0 Å². The van der Waals surface area contributed by atoms with Crippen molar-refractivity contribution in [3.63, 3.8) is 0 Å². The van der Waals surface area contributed by atoms with E-state index in [1.807, 2.05) is 12.1 Å². The first-order chi connectivity index (χ1) is 7.63. The van der Waals surface area contributed by atoms with Gasteiger partial charge in [-0.15, -0.1) is 0 Å². The summed E-state index contributed by atoms with van der Waals surface area (Å²) in [5, 5.41) is 0.649. The van der Waals surface area contributed by atoms with Crippen molar-refractivity contribution in [1.29, 1.82) is 0 Å². The normalized spacial score (nSPS) is 18.0. The maximum absolute atomic E-state index is 6.15. The molecule has 1 aromatic rings. The van der Waals surface area contributed by atoms with Crippen molar-refractivity contribution < 1.29 is 9.47 Å². The summed E-state index contributed by atoms with van der Waals surface area (Å²) in [5.74, 6) is 1.49. The highest BCUT2D eigenvalue weighted by Crippen LogP contribution is 2.39. The molecule has 0 saturated carbocycles. The molecule has 0 N–H and O–H groups in total. The zero-order chi connectivity index (χ0) is 11.8. The van der Waals surface area contributed by atoms with Crippen LogP contribution in [-0.4, -0.2) is 26.1 Å². The molecule has 0 aliphatic carbocycles. The number of ether oxygens (including phenoxy) is 2. The highest BCUT2D eigenvalue weighted by Gasteiger charge is 2.40. The van der Waals surface area contributed by atoms with E-state index in [9.17, 15) is 0 Å². The average Bonchev–Trinajstić information content (AvgIpc) is 2.22. The number of benzene rings is 1. The number of rotatable bonds is 3. The van der Waals surface area contributed by atoms with Crippen molar-refractivity contribution in [2.45, 2.75) is 12.3 Å². The first kappa shape index (κ1) is 12.1. The molecule has 0 aromatic heterocycles. The predicted molar refractivity (Wildman–Crippen MR) is 69.1 cm³/mol. The van der Waals surface area contributed by atoms with Crippen LogP contribution in [0, 0.1) is 6.92 Å². The molecule has 2 nitrogen and oxygen atoms in total. The molecule has 2 rings (SSSR count). The van der Waals surface area contributed by atoms with Crippen LogP contribution in [0.2, 0.25) is 5.02 Å². The molecular weight excluding hydrogens is 244 g/mol. The standard InChI is InChI=1S/C12H15ClO2S/c1-8-3-11(14-2)10(13)4-9(8)12(7-16)5-15-6-12/h3-4,16H,5-7H2,1-2H3. The summed E-state index contributed by atoms with van der Waals surface area (Å²) in [7, 11) is 1.63. The fraction of sp³-hybridized carbons (Fsp3) is 0.500. The van der Waals surface area contributed by atoms with Gasteiger partial charge in [0, 0.05) is 5.75 Å². The van der Waals surface area contributed by atoms with Gasteiger partial charge in [-0.3, -0.25) is 0 Å². The van der Waals surface area contributed by atoms with Crippen molar-refractivity contribution in [3.8, 4) is 5.75 Å². The Morgan fingerprint density at radius 3 is 2.62 bits per heavy atom. The van der Waals surface area contributed by atoms with Crippen LogP contribution in [0.3, 0.4) is 0 Å². The highest BCUT2D eigenvalue weighted by molar-refractivity contribution is 7.80. The molecule has 1 fully saturated rings. The smallest absolute Gasteiger partial charge is 0.137 e. The van der Waals surface area contributed by atoms with Crippen LogP contribution in [0.1, 0.15) is 11.1 Å². The molecule has 88 valence electrons. The summed E-state index contributed by atoms with van der Waals surface area (Å²) in [6, 6.07) is 3.95. The van der Waals surface area contributed by atoms with E-state index in [2.05, 4.69) is 19.6 Å². The van der Waals surface area contributed by atoms with Gasteiger partial charge in [-0.25, -0.2) is 0 Å². The predicted octanol–water partition coefficient (Wildman–Crippen LogP) is 2.85. The molecule has 0 radical (unpaired) electrons. The second-order valence-corrected chi connectivity index (χ2v) is 4.96.